The average molecular weight is 1120 g/mol. The number of phosphoric acid groups is 1. The predicted molar refractivity (Wildman–Crippen MR) is 339 cm³/mol. The summed E-state index contributed by atoms with van der Waals surface area (Å²) in [6.45, 7) is 4.70. The molecule has 0 aromatic rings. The lowest BCUT2D eigenvalue weighted by Gasteiger charge is -2.29. The number of rotatable bonds is 65. The Bertz CT molecular complexity index is 1320. The van der Waals surface area contributed by atoms with Crippen LogP contribution in [0.4, 0.5) is 0 Å². The average Bonchev–Trinajstić information content (AvgIpc) is 3.41. The summed E-state index contributed by atoms with van der Waals surface area (Å²) in [5.41, 5.74) is 0. The smallest absolute Gasteiger partial charge is 0.268 e. The van der Waals surface area contributed by atoms with Gasteiger partial charge in [-0.3, -0.25) is 9.36 Å². The fourth-order valence-electron chi connectivity index (χ4n) is 10.8. The third-order valence-corrected chi connectivity index (χ3v) is 17.1. The number of phosphoric ester groups is 1. The summed E-state index contributed by atoms with van der Waals surface area (Å²) in [4.78, 5) is 25.6. The van der Waals surface area contributed by atoms with E-state index in [0.29, 0.717) is 17.4 Å². The minimum Gasteiger partial charge on any atom is -0.756 e. The molecule has 78 heavy (non-hydrogen) atoms. The van der Waals surface area contributed by atoms with Crippen molar-refractivity contribution in [3.05, 3.63) is 24.3 Å². The summed E-state index contributed by atoms with van der Waals surface area (Å²) in [5, 5.41) is 13.9. The molecule has 3 atom stereocenters. The van der Waals surface area contributed by atoms with Crippen LogP contribution in [0.15, 0.2) is 24.3 Å². The van der Waals surface area contributed by atoms with Crippen molar-refractivity contribution in [3.8, 4) is 0 Å². The standard InChI is InChI=1S/C69H137N2O6P/c1-6-8-10-12-14-16-18-20-22-24-26-28-30-32-34-35-36-37-39-41-43-45-47-49-51-53-55-57-59-61-63-69(73)70-67(66-77-78(74,75)76-65-64-71(3,4)5)68(72)62-60-58-56-54-52-50-48-46-44-42-40-38-33-31-29-27-25-23-21-19-17-15-13-11-9-7-2/h52,54,60,62,67-68,72H,6-51,53,55-59,61,63-66H2,1-5H3,(H-,70,73,74,75)/b54-52+,62-60+. The summed E-state index contributed by atoms with van der Waals surface area (Å²) in [7, 11) is 1.26. The Balaban J connectivity index is 4.07. The monoisotopic (exact) mass is 1120 g/mol. The summed E-state index contributed by atoms with van der Waals surface area (Å²) >= 11 is 0. The normalized spacial score (nSPS) is 13.8. The number of nitrogens with zero attached hydrogens (tertiary/aromatic N) is 1. The molecule has 9 heteroatoms. The van der Waals surface area contributed by atoms with Crippen LogP contribution in [0, 0.1) is 0 Å². The van der Waals surface area contributed by atoms with Gasteiger partial charge in [0, 0.05) is 6.42 Å². The highest BCUT2D eigenvalue weighted by Crippen LogP contribution is 2.38. The molecule has 0 aliphatic rings. The second-order valence-corrected chi connectivity index (χ2v) is 26.7. The summed E-state index contributed by atoms with van der Waals surface area (Å²) in [6.07, 6.45) is 78.8. The third kappa shape index (κ3) is 62.6. The topological polar surface area (TPSA) is 108 Å². The minimum absolute atomic E-state index is 0.00342. The Hall–Kier alpha value is -1.02. The van der Waals surface area contributed by atoms with Crippen molar-refractivity contribution in [1.29, 1.82) is 0 Å². The van der Waals surface area contributed by atoms with Gasteiger partial charge in [0.05, 0.1) is 39.9 Å². The number of hydrogen-bond acceptors (Lipinski definition) is 6. The number of nitrogens with one attached hydrogen (secondary N) is 1. The zero-order valence-electron chi connectivity index (χ0n) is 53.2. The van der Waals surface area contributed by atoms with Crippen molar-refractivity contribution in [2.75, 3.05) is 40.9 Å². The van der Waals surface area contributed by atoms with Crippen molar-refractivity contribution in [3.63, 3.8) is 0 Å². The van der Waals surface area contributed by atoms with Gasteiger partial charge in [0.15, 0.2) is 0 Å². The second-order valence-electron chi connectivity index (χ2n) is 25.2. The number of carbonyl (C=O) groups excluding carboxylic acids is 1. The van der Waals surface area contributed by atoms with Crippen LogP contribution in [0.1, 0.15) is 361 Å². The highest BCUT2D eigenvalue weighted by Gasteiger charge is 2.23. The van der Waals surface area contributed by atoms with E-state index in [0.717, 1.165) is 38.5 Å². The Labute approximate surface area is 487 Å². The number of amides is 1. The number of hydrogen-bond donors (Lipinski definition) is 2. The number of aliphatic hydroxyl groups is 1. The number of aliphatic hydroxyl groups excluding tert-OH is 1. The van der Waals surface area contributed by atoms with Gasteiger partial charge < -0.3 is 28.8 Å². The molecule has 1 amide bonds. The van der Waals surface area contributed by atoms with Crippen molar-refractivity contribution < 1.29 is 32.9 Å². The quantitative estimate of drug-likeness (QED) is 0.0272. The molecule has 8 nitrogen and oxygen atoms in total. The van der Waals surface area contributed by atoms with Crippen LogP contribution in [-0.4, -0.2) is 68.5 Å². The Morgan fingerprint density at radius 2 is 0.718 bits per heavy atom. The summed E-state index contributed by atoms with van der Waals surface area (Å²) < 4.78 is 23.4. The molecule has 2 N–H and O–H groups in total. The largest absolute Gasteiger partial charge is 0.756 e. The first-order valence-corrected chi connectivity index (χ1v) is 36.2. The molecule has 0 aromatic carbocycles. The fourth-order valence-corrected chi connectivity index (χ4v) is 11.5. The molecule has 464 valence electrons. The molecule has 3 unspecified atom stereocenters. The lowest BCUT2D eigenvalue weighted by Crippen LogP contribution is -2.45. The Morgan fingerprint density at radius 3 is 1.04 bits per heavy atom. The first-order valence-electron chi connectivity index (χ1n) is 34.7. The van der Waals surface area contributed by atoms with Crippen LogP contribution in [-0.2, 0) is 18.4 Å². The van der Waals surface area contributed by atoms with E-state index >= 15 is 0 Å². The highest BCUT2D eigenvalue weighted by molar-refractivity contribution is 7.45. The van der Waals surface area contributed by atoms with Crippen LogP contribution >= 0.6 is 7.82 Å². The van der Waals surface area contributed by atoms with Crippen LogP contribution in [0.5, 0.6) is 0 Å². The molecular weight excluding hydrogens is 984 g/mol. The molecule has 0 bridgehead atoms. The van der Waals surface area contributed by atoms with E-state index in [1.807, 2.05) is 27.2 Å². The van der Waals surface area contributed by atoms with Gasteiger partial charge in [0.25, 0.3) is 7.82 Å². The molecule has 0 fully saturated rings. The molecule has 0 radical (unpaired) electrons. The lowest BCUT2D eigenvalue weighted by molar-refractivity contribution is -0.870. The summed E-state index contributed by atoms with van der Waals surface area (Å²) in [6, 6.07) is -0.902. The number of likely N-dealkylation sites (N-methyl/N-ethyl adjacent to an activating group) is 1. The van der Waals surface area contributed by atoms with Crippen LogP contribution < -0.4 is 10.2 Å². The summed E-state index contributed by atoms with van der Waals surface area (Å²) in [5.74, 6) is -0.198. The van der Waals surface area contributed by atoms with Crippen LogP contribution in [0.2, 0.25) is 0 Å². The molecule has 0 aliphatic heterocycles. The molecule has 0 aliphatic carbocycles. The zero-order valence-corrected chi connectivity index (χ0v) is 54.0. The van der Waals surface area contributed by atoms with Crippen molar-refractivity contribution in [2.45, 2.75) is 373 Å². The highest BCUT2D eigenvalue weighted by atomic mass is 31.2. The van der Waals surface area contributed by atoms with Crippen LogP contribution in [0.3, 0.4) is 0 Å². The SMILES string of the molecule is CCCCCCCCCCCCCCCCCCCCCC/C=C/CC/C=C/C(O)C(COP(=O)([O-])OCC[N+](C)(C)C)NC(=O)CCCCCCCCCCCCCCCCCCCCCCCCCCCCCCCC. The maximum atomic E-state index is 13.0. The van der Waals surface area contributed by atoms with E-state index in [4.69, 9.17) is 9.05 Å². The predicted octanol–water partition coefficient (Wildman–Crippen LogP) is 21.3. The van der Waals surface area contributed by atoms with Gasteiger partial charge in [-0.2, -0.15) is 0 Å². The molecule has 0 heterocycles. The van der Waals surface area contributed by atoms with E-state index in [1.165, 1.54) is 302 Å². The molecular formula is C69H137N2O6P. The number of unbranched alkanes of at least 4 members (excludes halogenated alkanes) is 50. The van der Waals surface area contributed by atoms with E-state index < -0.39 is 20.0 Å². The van der Waals surface area contributed by atoms with Crippen molar-refractivity contribution in [2.24, 2.45) is 0 Å². The number of quaternary nitrogens is 1. The second kappa shape index (κ2) is 60.6. The van der Waals surface area contributed by atoms with Gasteiger partial charge in [-0.1, -0.05) is 346 Å². The van der Waals surface area contributed by atoms with Gasteiger partial charge in [-0.25, -0.2) is 0 Å². The number of allylic oxidation sites excluding steroid dienone is 3. The van der Waals surface area contributed by atoms with Gasteiger partial charge in [0.1, 0.15) is 13.2 Å². The van der Waals surface area contributed by atoms with Crippen molar-refractivity contribution in [1.82, 2.24) is 5.32 Å². The van der Waals surface area contributed by atoms with Gasteiger partial charge in [-0.15, -0.1) is 0 Å². The van der Waals surface area contributed by atoms with E-state index in [-0.39, 0.29) is 19.1 Å². The van der Waals surface area contributed by atoms with Gasteiger partial charge >= 0.3 is 0 Å². The first kappa shape index (κ1) is 77.0. The molecule has 0 saturated heterocycles. The Morgan fingerprint density at radius 1 is 0.436 bits per heavy atom. The van der Waals surface area contributed by atoms with E-state index in [1.54, 1.807) is 6.08 Å². The van der Waals surface area contributed by atoms with E-state index in [9.17, 15) is 19.4 Å². The van der Waals surface area contributed by atoms with Gasteiger partial charge in [0.2, 0.25) is 5.91 Å². The Kier molecular flexibility index (Phi) is 59.8. The maximum Gasteiger partial charge on any atom is 0.268 e. The molecule has 0 aromatic heterocycles. The van der Waals surface area contributed by atoms with Gasteiger partial charge in [-0.05, 0) is 32.1 Å². The van der Waals surface area contributed by atoms with Crippen LogP contribution in [0.25, 0.3) is 0 Å². The molecule has 0 saturated carbocycles. The third-order valence-electron chi connectivity index (χ3n) is 16.2. The lowest BCUT2D eigenvalue weighted by atomic mass is 10.0. The fraction of sp³-hybridized carbons (Fsp3) is 0.928. The zero-order chi connectivity index (χ0) is 57.0. The molecule has 0 rings (SSSR count). The first-order chi connectivity index (χ1) is 38.0. The molecule has 0 spiro atoms. The minimum atomic E-state index is -4.61. The number of carbonyl (C=O) groups is 1. The maximum absolute atomic E-state index is 13.0. The van der Waals surface area contributed by atoms with E-state index in [2.05, 4.69) is 31.3 Å². The van der Waals surface area contributed by atoms with Crippen molar-refractivity contribution >= 4 is 13.7 Å².